The second-order valence-electron chi connectivity index (χ2n) is 1.18. The number of rotatable bonds is 0. The lowest BCUT2D eigenvalue weighted by molar-refractivity contribution is 0.277. The third-order valence-electron chi connectivity index (χ3n) is 0.519. The summed E-state index contributed by atoms with van der Waals surface area (Å²) in [7, 11) is 0. The maximum Gasteiger partial charge on any atom is 0.0285 e. The van der Waals surface area contributed by atoms with Gasteiger partial charge in [-0.2, -0.15) is 0 Å². The summed E-state index contributed by atoms with van der Waals surface area (Å²) in [5.74, 6) is 0. The Kier molecular flexibility index (Phi) is 0.106. The molecule has 0 amide bonds. The quantitative estimate of drug-likeness (QED) is 0.474. The summed E-state index contributed by atoms with van der Waals surface area (Å²) < 4.78 is 64.7. The van der Waals surface area contributed by atoms with Crippen molar-refractivity contribution in [3.8, 4) is 0 Å². The minimum atomic E-state index is -3.11. The van der Waals surface area contributed by atoms with Crippen molar-refractivity contribution in [3.63, 3.8) is 0 Å². The van der Waals surface area contributed by atoms with Crippen LogP contribution in [0.1, 0.15) is 38.3 Å². The van der Waals surface area contributed by atoms with Crippen LogP contribution in [-0.4, -0.2) is 5.54 Å². The lowest BCUT2D eigenvalue weighted by Gasteiger charge is -2.33. The Morgan fingerprint density at radius 2 is 2.67 bits per heavy atom. The van der Waals surface area contributed by atoms with Gasteiger partial charge in [0, 0.05) is 17.9 Å². The molecule has 0 bridgehead atoms. The van der Waals surface area contributed by atoms with Crippen molar-refractivity contribution in [1.29, 1.82) is 0 Å². The monoisotopic (exact) mass is 94.1 g/mol. The van der Waals surface area contributed by atoms with E-state index in [-0.39, 0.29) is 0 Å². The topological polar surface area (TPSA) is 26.0 Å². The van der Waals surface area contributed by atoms with Gasteiger partial charge in [-0.15, -0.1) is 0 Å². The van der Waals surface area contributed by atoms with E-state index >= 15 is 0 Å². The zero-order chi connectivity index (χ0) is 12.5. The van der Waals surface area contributed by atoms with Gasteiger partial charge in [0.1, 0.15) is 0 Å². The molecule has 2 N–H and O–H groups in total. The van der Waals surface area contributed by atoms with E-state index in [1.54, 1.807) is 0 Å². The molecular formula is C5H11N. The molecule has 0 aromatic heterocycles. The molecule has 1 aliphatic rings. The van der Waals surface area contributed by atoms with Gasteiger partial charge >= 0.3 is 0 Å². The minimum Gasteiger partial charge on any atom is -0.325 e. The van der Waals surface area contributed by atoms with Gasteiger partial charge in [0.15, 0.2) is 0 Å². The van der Waals surface area contributed by atoms with Crippen LogP contribution in [0.15, 0.2) is 0 Å². The van der Waals surface area contributed by atoms with Gasteiger partial charge in [-0.05, 0) is 26.0 Å². The summed E-state index contributed by atoms with van der Waals surface area (Å²) in [6.45, 7) is -3.11. The molecule has 6 heavy (non-hydrogen) atoms. The van der Waals surface area contributed by atoms with Crippen molar-refractivity contribution in [2.45, 2.75) is 31.5 Å². The highest BCUT2D eigenvalue weighted by molar-refractivity contribution is 4.86. The summed E-state index contributed by atoms with van der Waals surface area (Å²) in [5, 5.41) is 0. The average Bonchev–Trinajstić information content (AvgIpc) is 1.98. The summed E-state index contributed by atoms with van der Waals surface area (Å²) in [5.41, 5.74) is 2.44. The molecular weight excluding hydrogens is 74.1 g/mol. The Labute approximate surface area is 51.2 Å². The number of hydrogen-bond donors (Lipinski definition) is 1. The first-order chi connectivity index (χ1) is 6.25. The number of hydrogen-bond acceptors (Lipinski definition) is 1. The molecule has 1 fully saturated rings. The second-order valence-corrected chi connectivity index (χ2v) is 1.18. The molecule has 0 atom stereocenters. The van der Waals surface area contributed by atoms with E-state index in [2.05, 4.69) is 0 Å². The third-order valence-corrected chi connectivity index (χ3v) is 0.519. The van der Waals surface area contributed by atoms with Crippen LogP contribution >= 0.6 is 0 Å². The van der Waals surface area contributed by atoms with Crippen LogP contribution in [0.25, 0.3) is 0 Å². The highest BCUT2D eigenvalue weighted by Crippen LogP contribution is 2.27. The fourth-order valence-electron chi connectivity index (χ4n) is 0.197. The Bertz CT molecular complexity index is 271. The molecule has 0 aromatic rings. The highest BCUT2D eigenvalue weighted by Gasteiger charge is 2.25. The van der Waals surface area contributed by atoms with Gasteiger partial charge in [0.25, 0.3) is 0 Å². The van der Waals surface area contributed by atoms with Crippen molar-refractivity contribution in [2.75, 3.05) is 0 Å². The first-order valence-corrected chi connectivity index (χ1v) is 1.54. The van der Waals surface area contributed by atoms with E-state index in [9.17, 15) is 0 Å². The first-order valence-electron chi connectivity index (χ1n) is 6.04. The molecule has 36 valence electrons. The molecule has 1 aliphatic carbocycles. The lowest BCUT2D eigenvalue weighted by atomic mass is 9.80. The van der Waals surface area contributed by atoms with Crippen LogP contribution in [-0.2, 0) is 0 Å². The maximum absolute atomic E-state index is 7.30. The zero-order valence-electron chi connectivity index (χ0n) is 12.1. The molecule has 0 radical (unpaired) electrons. The zero-order valence-corrected chi connectivity index (χ0v) is 3.08. The molecule has 0 unspecified atom stereocenters. The summed E-state index contributed by atoms with van der Waals surface area (Å²) in [6, 6.07) is 0. The van der Waals surface area contributed by atoms with Crippen molar-refractivity contribution in [3.05, 3.63) is 0 Å². The van der Waals surface area contributed by atoms with E-state index in [1.165, 1.54) is 0 Å². The average molecular weight is 94.2 g/mol. The summed E-state index contributed by atoms with van der Waals surface area (Å²) in [6.07, 6.45) is -8.79. The van der Waals surface area contributed by atoms with E-state index in [0.29, 0.717) is 0 Å². The molecule has 0 heterocycles. The predicted octanol–water partition coefficient (Wildman–Crippen LogP) is 0.888. The van der Waals surface area contributed by atoms with Crippen molar-refractivity contribution >= 4 is 0 Å². The van der Waals surface area contributed by atoms with Gasteiger partial charge in [-0.25, -0.2) is 0 Å². The van der Waals surface area contributed by atoms with Crippen LogP contribution in [0.3, 0.4) is 0 Å². The van der Waals surface area contributed by atoms with Crippen LogP contribution in [0.2, 0.25) is 0 Å². The van der Waals surface area contributed by atoms with Gasteiger partial charge < -0.3 is 5.73 Å². The molecule has 1 saturated carbocycles. The normalized spacial score (nSPS) is 78.5. The van der Waals surface area contributed by atoms with Gasteiger partial charge in [0.2, 0.25) is 0 Å². The molecule has 0 aliphatic heterocycles. The van der Waals surface area contributed by atoms with E-state index in [1.807, 2.05) is 0 Å². The van der Waals surface area contributed by atoms with E-state index in [4.69, 9.17) is 18.1 Å². The molecule has 1 heteroatoms. The van der Waals surface area contributed by atoms with Crippen molar-refractivity contribution in [2.24, 2.45) is 5.73 Å². The fraction of sp³-hybridized carbons (Fsp3) is 1.00. The Balaban J connectivity index is 3.36. The Morgan fingerprint density at radius 3 is 3.00 bits per heavy atom. The summed E-state index contributed by atoms with van der Waals surface area (Å²) >= 11 is 0. The SMILES string of the molecule is [2H]C([2H])([2H])C1(N)C([2H])([2H])C([2H])([2H])C1([2H])[2H]. The van der Waals surface area contributed by atoms with Gasteiger partial charge in [0.05, 0.1) is 0 Å². The van der Waals surface area contributed by atoms with E-state index < -0.39 is 31.5 Å². The molecule has 1 nitrogen and oxygen atoms in total. The van der Waals surface area contributed by atoms with E-state index in [0.717, 1.165) is 0 Å². The third kappa shape index (κ3) is 0.548. The highest BCUT2D eigenvalue weighted by atomic mass is 14.7. The predicted molar refractivity (Wildman–Crippen MR) is 26.4 cm³/mol. The second kappa shape index (κ2) is 0.969. The van der Waals surface area contributed by atoms with Crippen molar-refractivity contribution < 1.29 is 12.3 Å². The lowest BCUT2D eigenvalue weighted by Crippen LogP contribution is -2.42. The standard InChI is InChI=1S/C5H11N/c1-5(6)3-2-4-5/h2-4,6H2,1H3/i1D3,2D2,3D2,4D2. The van der Waals surface area contributed by atoms with Crippen LogP contribution in [0.5, 0.6) is 0 Å². The molecule has 0 aromatic carbocycles. The maximum atomic E-state index is 7.30. The smallest absolute Gasteiger partial charge is 0.0285 e. The molecule has 0 saturated heterocycles. The van der Waals surface area contributed by atoms with Crippen molar-refractivity contribution in [1.82, 2.24) is 0 Å². The van der Waals surface area contributed by atoms with Crippen LogP contribution in [0.4, 0.5) is 0 Å². The van der Waals surface area contributed by atoms with Crippen LogP contribution in [0, 0.1) is 0 Å². The van der Waals surface area contributed by atoms with Crippen LogP contribution < -0.4 is 5.73 Å². The Hall–Kier alpha value is -0.0400. The largest absolute Gasteiger partial charge is 0.325 e. The Morgan fingerprint density at radius 1 is 2.00 bits per heavy atom. The van der Waals surface area contributed by atoms with Gasteiger partial charge in [-0.1, -0.05) is 0 Å². The minimum absolute atomic E-state index is 2.82. The molecule has 1 rings (SSSR count). The van der Waals surface area contributed by atoms with Gasteiger partial charge in [-0.3, -0.25) is 0 Å². The summed E-state index contributed by atoms with van der Waals surface area (Å²) in [4.78, 5) is 0. The first kappa shape index (κ1) is 0.655. The fourth-order valence-corrected chi connectivity index (χ4v) is 0.197. The number of nitrogens with two attached hydrogens (primary N) is 1. The molecule has 0 spiro atoms.